The number of rotatable bonds is 5. The van der Waals surface area contributed by atoms with E-state index in [1.165, 1.54) is 10.4 Å². The lowest BCUT2D eigenvalue weighted by molar-refractivity contribution is -0.119. The van der Waals surface area contributed by atoms with E-state index in [0.29, 0.717) is 17.2 Å². The average molecular weight is 396 g/mol. The molecule has 1 heterocycles. The summed E-state index contributed by atoms with van der Waals surface area (Å²) in [5.74, 6) is 0.625. The number of nitrogens with zero attached hydrogens (tertiary/aromatic N) is 2. The van der Waals surface area contributed by atoms with Crippen molar-refractivity contribution in [3.05, 3.63) is 45.8 Å². The van der Waals surface area contributed by atoms with Crippen LogP contribution in [0.2, 0.25) is 0 Å². The zero-order valence-corrected chi connectivity index (χ0v) is 17.3. The van der Waals surface area contributed by atoms with E-state index < -0.39 is 5.91 Å². The lowest BCUT2D eigenvalue weighted by Gasteiger charge is -2.33. The van der Waals surface area contributed by atoms with Gasteiger partial charge in [-0.3, -0.25) is 4.79 Å². The Morgan fingerprint density at radius 3 is 2.86 bits per heavy atom. The highest BCUT2D eigenvalue weighted by Gasteiger charge is 2.32. The Hall–Kier alpha value is -2.65. The molecule has 1 aromatic heterocycles. The molecule has 1 aliphatic carbocycles. The molecule has 1 aromatic carbocycles. The van der Waals surface area contributed by atoms with Gasteiger partial charge < -0.3 is 10.5 Å². The quantitative estimate of drug-likeness (QED) is 0.762. The molecule has 0 spiro atoms. The van der Waals surface area contributed by atoms with Crippen LogP contribution in [0.3, 0.4) is 0 Å². The molecule has 0 fully saturated rings. The topological polar surface area (TPSA) is 88.5 Å². The summed E-state index contributed by atoms with van der Waals surface area (Å²) in [7, 11) is 0. The molecular weight excluding hydrogens is 370 g/mol. The van der Waals surface area contributed by atoms with Crippen molar-refractivity contribution in [2.45, 2.75) is 40.0 Å². The molecule has 146 valence electrons. The van der Waals surface area contributed by atoms with Gasteiger partial charge in [0.05, 0.1) is 5.56 Å². The van der Waals surface area contributed by atoms with E-state index in [1.54, 1.807) is 23.6 Å². The summed E-state index contributed by atoms with van der Waals surface area (Å²) in [6, 6.07) is 9.67. The first-order chi connectivity index (χ1) is 13.3. The fourth-order valence-electron chi connectivity index (χ4n) is 3.51. The van der Waals surface area contributed by atoms with Crippen molar-refractivity contribution in [1.29, 1.82) is 5.26 Å². The number of primary amides is 1. The number of nitriles is 1. The van der Waals surface area contributed by atoms with Crippen molar-refractivity contribution in [2.75, 3.05) is 6.61 Å². The number of aliphatic imine (C=N–C) groups is 1. The largest absolute Gasteiger partial charge is 0.483 e. The number of benzene rings is 1. The number of amides is 1. The Morgan fingerprint density at radius 1 is 1.43 bits per heavy atom. The van der Waals surface area contributed by atoms with Crippen LogP contribution in [0.4, 0.5) is 5.00 Å². The van der Waals surface area contributed by atoms with Crippen molar-refractivity contribution >= 4 is 28.5 Å². The maximum Gasteiger partial charge on any atom is 0.255 e. The molecule has 2 aromatic rings. The number of carbonyl (C=O) groups excluding carboxylic acids is 1. The summed E-state index contributed by atoms with van der Waals surface area (Å²) < 4.78 is 5.45. The van der Waals surface area contributed by atoms with Crippen molar-refractivity contribution in [2.24, 2.45) is 22.1 Å². The number of fused-ring (bicyclic) bond motifs is 1. The van der Waals surface area contributed by atoms with Crippen LogP contribution in [0.25, 0.3) is 0 Å². The number of carbonyl (C=O) groups is 1. The molecule has 2 N–H and O–H groups in total. The number of nitrogens with two attached hydrogens (primary N) is 1. The Kier molecular flexibility index (Phi) is 5.85. The van der Waals surface area contributed by atoms with Gasteiger partial charge in [-0.1, -0.05) is 32.9 Å². The van der Waals surface area contributed by atoms with Gasteiger partial charge in [0.1, 0.15) is 16.8 Å². The highest BCUT2D eigenvalue weighted by atomic mass is 32.1. The van der Waals surface area contributed by atoms with E-state index in [2.05, 4.69) is 31.8 Å². The normalized spacial score (nSPS) is 16.6. The molecule has 1 atom stereocenters. The third kappa shape index (κ3) is 4.42. The molecule has 0 unspecified atom stereocenters. The molecule has 1 aliphatic rings. The predicted molar refractivity (Wildman–Crippen MR) is 112 cm³/mol. The molecule has 0 radical (unpaired) electrons. The van der Waals surface area contributed by atoms with E-state index >= 15 is 0 Å². The Balaban J connectivity index is 1.87. The van der Waals surface area contributed by atoms with Crippen molar-refractivity contribution in [1.82, 2.24) is 0 Å². The minimum atomic E-state index is -0.530. The molecule has 0 bridgehead atoms. The van der Waals surface area contributed by atoms with E-state index in [9.17, 15) is 10.1 Å². The average Bonchev–Trinajstić information content (AvgIpc) is 3.01. The van der Waals surface area contributed by atoms with Crippen LogP contribution in [0.5, 0.6) is 5.75 Å². The SMILES string of the molecule is CC(C)(C)[C@@H]1CCc2c(sc(N=Cc3ccccc3OCC(N)=O)c2C#N)C1. The van der Waals surface area contributed by atoms with Crippen LogP contribution in [-0.2, 0) is 17.6 Å². The second kappa shape index (κ2) is 8.15. The van der Waals surface area contributed by atoms with Crippen LogP contribution in [0.15, 0.2) is 29.3 Å². The smallest absolute Gasteiger partial charge is 0.255 e. The van der Waals surface area contributed by atoms with E-state index in [4.69, 9.17) is 10.5 Å². The first-order valence-electron chi connectivity index (χ1n) is 9.38. The van der Waals surface area contributed by atoms with Crippen LogP contribution in [0.1, 0.15) is 48.8 Å². The van der Waals surface area contributed by atoms with Crippen LogP contribution >= 0.6 is 11.3 Å². The summed E-state index contributed by atoms with van der Waals surface area (Å²) in [5, 5.41) is 10.4. The Morgan fingerprint density at radius 2 is 2.18 bits per heavy atom. The van der Waals surface area contributed by atoms with Gasteiger partial charge in [-0.15, -0.1) is 11.3 Å². The molecule has 28 heavy (non-hydrogen) atoms. The molecule has 0 aliphatic heterocycles. The number of hydrogen-bond donors (Lipinski definition) is 1. The molecule has 0 saturated heterocycles. The zero-order chi connectivity index (χ0) is 20.3. The van der Waals surface area contributed by atoms with Crippen LogP contribution < -0.4 is 10.5 Å². The predicted octanol–water partition coefficient (Wildman–Crippen LogP) is 4.39. The number of hydrogen-bond acceptors (Lipinski definition) is 5. The Labute approximate surface area is 169 Å². The first kappa shape index (κ1) is 20.1. The summed E-state index contributed by atoms with van der Waals surface area (Å²) in [5.41, 5.74) is 8.02. The molecular formula is C22H25N3O2S. The van der Waals surface area contributed by atoms with Gasteiger partial charge >= 0.3 is 0 Å². The lowest BCUT2D eigenvalue weighted by Crippen LogP contribution is -2.26. The molecule has 1 amide bonds. The second-order valence-electron chi connectivity index (χ2n) is 8.15. The van der Waals surface area contributed by atoms with Gasteiger partial charge in [0.2, 0.25) is 0 Å². The monoisotopic (exact) mass is 395 g/mol. The minimum Gasteiger partial charge on any atom is -0.483 e. The lowest BCUT2D eigenvalue weighted by atomic mass is 9.72. The van der Waals surface area contributed by atoms with Gasteiger partial charge in [-0.25, -0.2) is 4.99 Å². The van der Waals surface area contributed by atoms with Gasteiger partial charge in [0.15, 0.2) is 6.61 Å². The highest BCUT2D eigenvalue weighted by molar-refractivity contribution is 7.16. The number of para-hydroxylation sites is 1. The molecule has 0 saturated carbocycles. The van der Waals surface area contributed by atoms with Gasteiger partial charge in [0, 0.05) is 16.7 Å². The number of thiophene rings is 1. The summed E-state index contributed by atoms with van der Waals surface area (Å²) in [6.07, 6.45) is 4.74. The fourth-order valence-corrected chi connectivity index (χ4v) is 4.73. The standard InChI is InChI=1S/C22H25N3O2S/c1-22(2,3)15-8-9-16-17(11-23)21(28-19(16)10-15)25-12-14-6-4-5-7-18(14)27-13-20(24)26/h4-7,12,15H,8-10,13H2,1-3H3,(H2,24,26)/t15-/m1/s1. The zero-order valence-electron chi connectivity index (χ0n) is 16.5. The van der Waals surface area contributed by atoms with Crippen molar-refractivity contribution < 1.29 is 9.53 Å². The highest BCUT2D eigenvalue weighted by Crippen LogP contribution is 2.44. The van der Waals surface area contributed by atoms with Gasteiger partial charge in [-0.2, -0.15) is 5.26 Å². The maximum absolute atomic E-state index is 11.0. The number of ether oxygens (including phenoxy) is 1. The van der Waals surface area contributed by atoms with Crippen LogP contribution in [-0.4, -0.2) is 18.7 Å². The van der Waals surface area contributed by atoms with E-state index in [-0.39, 0.29) is 12.0 Å². The summed E-state index contributed by atoms with van der Waals surface area (Å²) in [4.78, 5) is 16.9. The van der Waals surface area contributed by atoms with Gasteiger partial charge in [0.25, 0.3) is 5.91 Å². The Bertz CT molecular complexity index is 948. The van der Waals surface area contributed by atoms with Gasteiger partial charge in [-0.05, 0) is 48.3 Å². The third-order valence-electron chi connectivity index (χ3n) is 5.19. The van der Waals surface area contributed by atoms with E-state index in [1.807, 2.05) is 18.2 Å². The van der Waals surface area contributed by atoms with Crippen molar-refractivity contribution in [3.63, 3.8) is 0 Å². The molecule has 3 rings (SSSR count). The maximum atomic E-state index is 11.0. The molecule has 6 heteroatoms. The summed E-state index contributed by atoms with van der Waals surface area (Å²) in [6.45, 7) is 6.66. The minimum absolute atomic E-state index is 0.185. The third-order valence-corrected chi connectivity index (χ3v) is 6.36. The molecule has 5 nitrogen and oxygen atoms in total. The fraction of sp³-hybridized carbons (Fsp3) is 0.409. The summed E-state index contributed by atoms with van der Waals surface area (Å²) >= 11 is 1.61. The second-order valence-corrected chi connectivity index (χ2v) is 9.24. The first-order valence-corrected chi connectivity index (χ1v) is 10.2. The van der Waals surface area contributed by atoms with E-state index in [0.717, 1.165) is 29.8 Å². The van der Waals surface area contributed by atoms with Crippen molar-refractivity contribution in [3.8, 4) is 11.8 Å². The van der Waals surface area contributed by atoms with Crippen LogP contribution in [0, 0.1) is 22.7 Å².